The van der Waals surface area contributed by atoms with Crippen molar-refractivity contribution < 1.29 is 28.1 Å². The highest BCUT2D eigenvalue weighted by Gasteiger charge is 2.28. The summed E-state index contributed by atoms with van der Waals surface area (Å²) in [5, 5.41) is 8.78. The zero-order valence-corrected chi connectivity index (χ0v) is 9.64. The van der Waals surface area contributed by atoms with Crippen molar-refractivity contribution in [2.75, 3.05) is 0 Å². The number of nitrogens with two attached hydrogens (primary N) is 1. The minimum atomic E-state index is -5.19. The van der Waals surface area contributed by atoms with Gasteiger partial charge < -0.3 is 9.90 Å². The van der Waals surface area contributed by atoms with E-state index in [2.05, 4.69) is 11.9 Å². The van der Waals surface area contributed by atoms with Crippen LogP contribution >= 0.6 is 0 Å². The van der Waals surface area contributed by atoms with Crippen molar-refractivity contribution in [1.29, 1.82) is 0 Å². The molecule has 0 radical (unpaired) electrons. The molecule has 0 spiro atoms. The first kappa shape index (κ1) is 15.7. The number of carbonyl (C=O) groups excluding carboxylic acids is 1. The number of rotatable bonds is 2. The summed E-state index contributed by atoms with van der Waals surface area (Å²) in [5.74, 6) is -2.02. The molecule has 0 saturated carbocycles. The van der Waals surface area contributed by atoms with Gasteiger partial charge in [0.1, 0.15) is 5.97 Å². The molecule has 0 bridgehead atoms. The van der Waals surface area contributed by atoms with Crippen LogP contribution in [0.15, 0.2) is 0 Å². The Balaban J connectivity index is 0.000000325. The minimum absolute atomic E-state index is 0.666. The molecule has 0 aromatic rings. The third-order valence-electron chi connectivity index (χ3n) is 2.26. The molecule has 0 aromatic heterocycles. The third kappa shape index (κ3) is 7.59. The van der Waals surface area contributed by atoms with Crippen LogP contribution in [0.5, 0.6) is 0 Å². The lowest BCUT2D eigenvalue weighted by Gasteiger charge is -2.13. The molecule has 1 aliphatic heterocycles. The molecule has 1 heterocycles. The minimum Gasteiger partial charge on any atom is -0.542 e. The van der Waals surface area contributed by atoms with E-state index < -0.39 is 12.1 Å². The van der Waals surface area contributed by atoms with Gasteiger partial charge in [0, 0.05) is 6.42 Å². The average molecular weight is 254 g/mol. The zero-order valence-electron chi connectivity index (χ0n) is 9.64. The van der Waals surface area contributed by atoms with E-state index >= 15 is 0 Å². The lowest BCUT2D eigenvalue weighted by atomic mass is 10.0. The fraction of sp³-hybridized carbons (Fsp3) is 0.800. The molecular weight excluding hydrogens is 237 g/mol. The number of hydrogen-bond donors (Lipinski definition) is 2. The quantitative estimate of drug-likeness (QED) is 0.668. The molecule has 100 valence electrons. The van der Waals surface area contributed by atoms with Gasteiger partial charge in [-0.05, 0) is 19.3 Å². The second-order valence-electron chi connectivity index (χ2n) is 3.83. The number of halogens is 3. The monoisotopic (exact) mass is 254 g/mol. The van der Waals surface area contributed by atoms with Crippen molar-refractivity contribution >= 4 is 11.8 Å². The van der Waals surface area contributed by atoms with Crippen LogP contribution in [0, 0.1) is 0 Å². The number of aliphatic carboxylic acids is 1. The standard InChI is InChI=1S/C8H16N2.C2HF3O2/c1-2-4-7-5-3-6-8(9)10-7;3-2(4,5)1(6)7/h7H,2-6H2,1H3,(H2,9,10);(H,6,7). The van der Waals surface area contributed by atoms with Gasteiger partial charge in [-0.3, -0.25) is 10.7 Å². The number of hydrogen-bond acceptors (Lipinski definition) is 3. The lowest BCUT2D eigenvalue weighted by Crippen LogP contribution is -2.82. The Kier molecular flexibility index (Phi) is 6.60. The Bertz CT molecular complexity index is 277. The SMILES string of the molecule is CCCC1CCCC(N)=[NH+]1.O=C([O-])C(F)(F)F. The van der Waals surface area contributed by atoms with Crippen molar-refractivity contribution in [1.82, 2.24) is 0 Å². The summed E-state index contributed by atoms with van der Waals surface area (Å²) in [4.78, 5) is 12.1. The van der Waals surface area contributed by atoms with E-state index in [1.165, 1.54) is 25.7 Å². The summed E-state index contributed by atoms with van der Waals surface area (Å²) in [6, 6.07) is 0.666. The maximum atomic E-state index is 10.5. The highest BCUT2D eigenvalue weighted by Crippen LogP contribution is 2.11. The summed E-state index contributed by atoms with van der Waals surface area (Å²) in [7, 11) is 0. The van der Waals surface area contributed by atoms with E-state index in [1.807, 2.05) is 0 Å². The van der Waals surface area contributed by atoms with E-state index in [1.54, 1.807) is 0 Å². The molecule has 0 saturated heterocycles. The van der Waals surface area contributed by atoms with Crippen molar-refractivity contribution in [2.24, 2.45) is 5.73 Å². The number of carboxylic acids is 1. The second kappa shape index (κ2) is 7.13. The molecule has 1 atom stereocenters. The van der Waals surface area contributed by atoms with Crippen LogP contribution < -0.4 is 15.8 Å². The maximum Gasteiger partial charge on any atom is 0.430 e. The van der Waals surface area contributed by atoms with Crippen molar-refractivity contribution in [3.63, 3.8) is 0 Å². The van der Waals surface area contributed by atoms with E-state index in [0.29, 0.717) is 6.04 Å². The first-order valence-corrected chi connectivity index (χ1v) is 5.43. The highest BCUT2D eigenvalue weighted by atomic mass is 19.4. The van der Waals surface area contributed by atoms with Crippen molar-refractivity contribution in [3.05, 3.63) is 0 Å². The maximum absolute atomic E-state index is 10.5. The first-order chi connectivity index (χ1) is 7.77. The lowest BCUT2D eigenvalue weighted by molar-refractivity contribution is -0.512. The van der Waals surface area contributed by atoms with Crippen LogP contribution in [0.25, 0.3) is 0 Å². The zero-order chi connectivity index (χ0) is 13.5. The Morgan fingerprint density at radius 1 is 1.59 bits per heavy atom. The fourth-order valence-corrected chi connectivity index (χ4v) is 1.51. The Morgan fingerprint density at radius 3 is 2.47 bits per heavy atom. The van der Waals surface area contributed by atoms with Crippen LogP contribution in [-0.4, -0.2) is 24.0 Å². The largest absolute Gasteiger partial charge is 0.542 e. The van der Waals surface area contributed by atoms with Gasteiger partial charge in [0.05, 0.1) is 6.04 Å². The highest BCUT2D eigenvalue weighted by molar-refractivity contribution is 5.74. The Hall–Kier alpha value is -1.27. The molecule has 0 aromatic carbocycles. The average Bonchev–Trinajstić information content (AvgIpc) is 2.17. The summed E-state index contributed by atoms with van der Waals surface area (Å²) in [6.07, 6.45) is 0.962. The molecule has 0 amide bonds. The predicted octanol–water partition coefficient (Wildman–Crippen LogP) is -0.925. The van der Waals surface area contributed by atoms with Crippen LogP contribution in [0.3, 0.4) is 0 Å². The molecule has 1 aliphatic rings. The van der Waals surface area contributed by atoms with Crippen molar-refractivity contribution in [3.8, 4) is 0 Å². The Morgan fingerprint density at radius 2 is 2.12 bits per heavy atom. The normalized spacial score (nSPS) is 20.0. The molecular formula is C10H17F3N2O2. The molecule has 4 nitrogen and oxygen atoms in total. The van der Waals surface area contributed by atoms with Gasteiger partial charge in [-0.15, -0.1) is 0 Å². The molecule has 7 heteroatoms. The van der Waals surface area contributed by atoms with E-state index in [4.69, 9.17) is 15.6 Å². The fourth-order valence-electron chi connectivity index (χ4n) is 1.51. The molecule has 0 fully saturated rings. The summed E-state index contributed by atoms with van der Waals surface area (Å²) in [6.45, 7) is 2.21. The van der Waals surface area contributed by atoms with Gasteiger partial charge in [0.15, 0.2) is 0 Å². The van der Waals surface area contributed by atoms with Gasteiger partial charge >= 0.3 is 6.18 Å². The number of amidine groups is 1. The molecule has 1 rings (SSSR count). The number of alkyl halides is 3. The van der Waals surface area contributed by atoms with E-state index in [-0.39, 0.29) is 0 Å². The number of carbonyl (C=O) groups is 1. The summed E-state index contributed by atoms with van der Waals surface area (Å²) in [5.41, 5.74) is 5.66. The van der Waals surface area contributed by atoms with E-state index in [9.17, 15) is 13.2 Å². The number of carboxylic acid groups (broad SMARTS) is 1. The van der Waals surface area contributed by atoms with Crippen LogP contribution in [0.4, 0.5) is 13.2 Å². The Labute approximate surface area is 97.7 Å². The molecule has 0 aliphatic carbocycles. The third-order valence-corrected chi connectivity index (χ3v) is 2.26. The summed E-state index contributed by atoms with van der Waals surface area (Å²) < 4.78 is 31.5. The number of nitrogens with one attached hydrogen (secondary N) is 1. The summed E-state index contributed by atoms with van der Waals surface area (Å²) >= 11 is 0. The van der Waals surface area contributed by atoms with Crippen LogP contribution in [-0.2, 0) is 4.79 Å². The van der Waals surface area contributed by atoms with Gasteiger partial charge in [-0.1, -0.05) is 13.3 Å². The predicted molar refractivity (Wildman–Crippen MR) is 53.8 cm³/mol. The van der Waals surface area contributed by atoms with E-state index in [0.717, 1.165) is 12.3 Å². The molecule has 1 unspecified atom stereocenters. The topological polar surface area (TPSA) is 80.1 Å². The van der Waals surface area contributed by atoms with Gasteiger partial charge in [0.2, 0.25) is 5.84 Å². The van der Waals surface area contributed by atoms with Crippen LogP contribution in [0.1, 0.15) is 39.0 Å². The first-order valence-electron chi connectivity index (χ1n) is 5.43. The van der Waals surface area contributed by atoms with Gasteiger partial charge in [-0.2, -0.15) is 13.2 Å². The van der Waals surface area contributed by atoms with Gasteiger partial charge in [0.25, 0.3) is 0 Å². The smallest absolute Gasteiger partial charge is 0.430 e. The molecule has 3 N–H and O–H groups in total. The van der Waals surface area contributed by atoms with Crippen LogP contribution in [0.2, 0.25) is 0 Å². The van der Waals surface area contributed by atoms with Crippen molar-refractivity contribution in [2.45, 2.75) is 51.2 Å². The second-order valence-corrected chi connectivity index (χ2v) is 3.83. The van der Waals surface area contributed by atoms with Gasteiger partial charge in [-0.25, -0.2) is 0 Å². The molecule has 17 heavy (non-hydrogen) atoms.